The first-order valence-electron chi connectivity index (χ1n) is 6.29. The fraction of sp³-hybridized carbons (Fsp3) is 0.538. The number of alkyl halides is 2. The summed E-state index contributed by atoms with van der Waals surface area (Å²) in [7, 11) is 0. The van der Waals surface area contributed by atoms with Gasteiger partial charge in [0.1, 0.15) is 5.75 Å². The molecule has 3 nitrogen and oxygen atoms in total. The normalized spacial score (nSPS) is 17.8. The quantitative estimate of drug-likeness (QED) is 0.853. The summed E-state index contributed by atoms with van der Waals surface area (Å²) in [6, 6.07) is 4.44. The van der Waals surface area contributed by atoms with Crippen LogP contribution in [0.3, 0.4) is 0 Å². The molecule has 1 atom stereocenters. The van der Waals surface area contributed by atoms with E-state index in [1.165, 1.54) is 0 Å². The van der Waals surface area contributed by atoms with Crippen LogP contribution < -0.4 is 5.32 Å². The van der Waals surface area contributed by atoms with Crippen molar-refractivity contribution in [1.82, 2.24) is 10.2 Å². The molecule has 0 radical (unpaired) electrons. The van der Waals surface area contributed by atoms with Crippen LogP contribution in [0.1, 0.15) is 18.0 Å². The van der Waals surface area contributed by atoms with Crippen LogP contribution in [-0.4, -0.2) is 42.6 Å². The molecule has 0 bridgehead atoms. The number of rotatable bonds is 4. The van der Waals surface area contributed by atoms with E-state index in [1.54, 1.807) is 18.2 Å². The first kappa shape index (κ1) is 17.6. The third-order valence-corrected chi connectivity index (χ3v) is 4.05. The van der Waals surface area contributed by atoms with Gasteiger partial charge in [-0.05, 0) is 23.8 Å². The summed E-state index contributed by atoms with van der Waals surface area (Å²) in [6.07, 6.45) is -2.59. The summed E-state index contributed by atoms with van der Waals surface area (Å²) in [5.41, 5.74) is 0.724. The largest absolute Gasteiger partial charge is 0.508 e. The van der Waals surface area contributed by atoms with E-state index in [0.717, 1.165) is 36.2 Å². The highest BCUT2D eigenvalue weighted by Gasteiger charge is 2.27. The first-order chi connectivity index (χ1) is 9.08. The third-order valence-electron chi connectivity index (χ3n) is 3.33. The third kappa shape index (κ3) is 4.55. The molecule has 0 unspecified atom stereocenters. The van der Waals surface area contributed by atoms with Gasteiger partial charge in [0.25, 0.3) is 0 Å². The fourth-order valence-electron chi connectivity index (χ4n) is 2.42. The molecule has 1 fully saturated rings. The van der Waals surface area contributed by atoms with Crippen LogP contribution in [0.4, 0.5) is 8.78 Å². The van der Waals surface area contributed by atoms with Crippen LogP contribution in [-0.2, 0) is 0 Å². The standard InChI is InChI=1S/C13H17BrF2N2O.ClH/c14-11-2-1-9(19)7-10(11)12(8-13(15)16)18-5-3-17-4-6-18;/h1-2,7,12-13,17,19H,3-6,8H2;1H/t12-;/m1./s1. The topological polar surface area (TPSA) is 35.5 Å². The Morgan fingerprint density at radius 1 is 1.30 bits per heavy atom. The van der Waals surface area contributed by atoms with E-state index < -0.39 is 6.43 Å². The average molecular weight is 372 g/mol. The minimum atomic E-state index is -2.37. The van der Waals surface area contributed by atoms with Gasteiger partial charge in [-0.1, -0.05) is 15.9 Å². The molecule has 0 amide bonds. The Bertz CT molecular complexity index is 431. The van der Waals surface area contributed by atoms with Crippen LogP contribution in [0.15, 0.2) is 22.7 Å². The van der Waals surface area contributed by atoms with Crippen molar-refractivity contribution in [3.8, 4) is 5.75 Å². The number of nitrogens with zero attached hydrogens (tertiary/aromatic N) is 1. The maximum atomic E-state index is 12.8. The van der Waals surface area contributed by atoms with Gasteiger partial charge in [-0.25, -0.2) is 8.78 Å². The minimum absolute atomic E-state index is 0. The predicted octanol–water partition coefficient (Wildman–Crippen LogP) is 3.18. The number of phenols is 1. The smallest absolute Gasteiger partial charge is 0.240 e. The van der Waals surface area contributed by atoms with Crippen molar-refractivity contribution in [2.45, 2.75) is 18.9 Å². The zero-order valence-electron chi connectivity index (χ0n) is 10.9. The molecule has 2 N–H and O–H groups in total. The number of piperazine rings is 1. The van der Waals surface area contributed by atoms with Crippen molar-refractivity contribution >= 4 is 28.3 Å². The van der Waals surface area contributed by atoms with Crippen LogP contribution in [0.25, 0.3) is 0 Å². The molecule has 0 spiro atoms. The molecule has 20 heavy (non-hydrogen) atoms. The van der Waals surface area contributed by atoms with Gasteiger partial charge in [0, 0.05) is 43.1 Å². The Kier molecular flexibility index (Phi) is 7.15. The number of hydrogen-bond acceptors (Lipinski definition) is 3. The molecular weight excluding hydrogens is 354 g/mol. The van der Waals surface area contributed by atoms with E-state index >= 15 is 0 Å². The van der Waals surface area contributed by atoms with Crippen LogP contribution >= 0.6 is 28.3 Å². The lowest BCUT2D eigenvalue weighted by Crippen LogP contribution is -2.45. The van der Waals surface area contributed by atoms with Crippen molar-refractivity contribution in [2.75, 3.05) is 26.2 Å². The minimum Gasteiger partial charge on any atom is -0.508 e. The lowest BCUT2D eigenvalue weighted by Gasteiger charge is -2.35. The number of aromatic hydroxyl groups is 1. The van der Waals surface area contributed by atoms with Crippen LogP contribution in [0.2, 0.25) is 0 Å². The Labute approximate surface area is 131 Å². The molecule has 1 heterocycles. The Balaban J connectivity index is 0.00000200. The summed E-state index contributed by atoms with van der Waals surface area (Å²) in [6.45, 7) is 3.07. The van der Waals surface area contributed by atoms with E-state index in [4.69, 9.17) is 0 Å². The molecular formula is C13H18BrClF2N2O. The van der Waals surface area contributed by atoms with Gasteiger partial charge < -0.3 is 10.4 Å². The molecule has 114 valence electrons. The highest BCUT2D eigenvalue weighted by Crippen LogP contribution is 2.34. The average Bonchev–Trinajstić information content (AvgIpc) is 2.40. The van der Waals surface area contributed by atoms with Crippen molar-refractivity contribution < 1.29 is 13.9 Å². The molecule has 1 aliphatic heterocycles. The number of nitrogens with one attached hydrogen (secondary N) is 1. The predicted molar refractivity (Wildman–Crippen MR) is 80.9 cm³/mol. The zero-order chi connectivity index (χ0) is 13.8. The highest BCUT2D eigenvalue weighted by atomic mass is 79.9. The number of phenolic OH excluding ortho intramolecular Hbond substituents is 1. The maximum Gasteiger partial charge on any atom is 0.240 e. The zero-order valence-corrected chi connectivity index (χ0v) is 13.3. The molecule has 7 heteroatoms. The van der Waals surface area contributed by atoms with Crippen molar-refractivity contribution in [3.05, 3.63) is 28.2 Å². The van der Waals surface area contributed by atoms with Gasteiger partial charge in [-0.15, -0.1) is 12.4 Å². The molecule has 2 rings (SSSR count). The second-order valence-electron chi connectivity index (χ2n) is 4.63. The van der Waals surface area contributed by atoms with Crippen molar-refractivity contribution in [1.29, 1.82) is 0 Å². The van der Waals surface area contributed by atoms with E-state index in [1.807, 2.05) is 4.90 Å². The Morgan fingerprint density at radius 2 is 1.95 bits per heavy atom. The summed E-state index contributed by atoms with van der Waals surface area (Å²) < 4.78 is 26.4. The highest BCUT2D eigenvalue weighted by molar-refractivity contribution is 9.10. The monoisotopic (exact) mass is 370 g/mol. The molecule has 1 aliphatic rings. The van der Waals surface area contributed by atoms with Gasteiger partial charge >= 0.3 is 0 Å². The van der Waals surface area contributed by atoms with Gasteiger partial charge in [-0.2, -0.15) is 0 Å². The lowest BCUT2D eigenvalue weighted by molar-refractivity contribution is 0.0735. The first-order valence-corrected chi connectivity index (χ1v) is 7.08. The van der Waals surface area contributed by atoms with Crippen molar-refractivity contribution in [3.63, 3.8) is 0 Å². The Morgan fingerprint density at radius 3 is 2.55 bits per heavy atom. The summed E-state index contributed by atoms with van der Waals surface area (Å²) >= 11 is 3.39. The molecule has 0 aliphatic carbocycles. The summed E-state index contributed by atoms with van der Waals surface area (Å²) in [5.74, 6) is 0.104. The molecule has 1 aromatic rings. The molecule has 0 aromatic heterocycles. The van der Waals surface area contributed by atoms with Crippen molar-refractivity contribution in [2.24, 2.45) is 0 Å². The fourth-order valence-corrected chi connectivity index (χ4v) is 2.93. The summed E-state index contributed by atoms with van der Waals surface area (Å²) in [5, 5.41) is 12.8. The second-order valence-corrected chi connectivity index (χ2v) is 5.49. The number of hydrogen-bond donors (Lipinski definition) is 2. The van der Waals surface area contributed by atoms with E-state index in [2.05, 4.69) is 21.2 Å². The lowest BCUT2D eigenvalue weighted by atomic mass is 10.0. The van der Waals surface area contributed by atoms with Gasteiger partial charge in [0.15, 0.2) is 0 Å². The maximum absolute atomic E-state index is 12.8. The van der Waals surface area contributed by atoms with Gasteiger partial charge in [-0.3, -0.25) is 4.90 Å². The second kappa shape index (κ2) is 8.12. The van der Waals surface area contributed by atoms with E-state index in [0.29, 0.717) is 0 Å². The number of halogens is 4. The van der Waals surface area contributed by atoms with Gasteiger partial charge in [0.2, 0.25) is 6.43 Å². The SMILES string of the molecule is Cl.Oc1ccc(Br)c([C@@H](CC(F)F)N2CCNCC2)c1. The number of benzene rings is 1. The Hall–Kier alpha value is -0.430. The molecule has 1 saturated heterocycles. The van der Waals surface area contributed by atoms with E-state index in [9.17, 15) is 13.9 Å². The van der Waals surface area contributed by atoms with E-state index in [-0.39, 0.29) is 30.6 Å². The van der Waals surface area contributed by atoms with Gasteiger partial charge in [0.05, 0.1) is 0 Å². The molecule has 1 aromatic carbocycles. The van der Waals surface area contributed by atoms with Crippen LogP contribution in [0.5, 0.6) is 5.75 Å². The van der Waals surface area contributed by atoms with Crippen LogP contribution in [0, 0.1) is 0 Å². The summed E-state index contributed by atoms with van der Waals surface area (Å²) in [4.78, 5) is 2.04. The molecule has 0 saturated carbocycles.